The number of carbonyl (C=O) groups is 1. The fraction of sp³-hybridized carbons (Fsp3) is 0.357. The van der Waals surface area contributed by atoms with Crippen molar-refractivity contribution >= 4 is 51.0 Å². The van der Waals surface area contributed by atoms with E-state index in [1.165, 1.54) is 24.3 Å². The molecular formula is C14H13B3ClNO5S. The third-order valence-corrected chi connectivity index (χ3v) is 5.38. The number of hydrogen-bond acceptors (Lipinski definition) is 6. The molecule has 25 heavy (non-hydrogen) atoms. The van der Waals surface area contributed by atoms with E-state index in [-0.39, 0.29) is 12.0 Å². The summed E-state index contributed by atoms with van der Waals surface area (Å²) in [4.78, 5) is 12.6. The zero-order chi connectivity index (χ0) is 19.0. The van der Waals surface area contributed by atoms with E-state index in [1.807, 2.05) is 0 Å². The SMILES string of the molecule is [B]C([B])(CCC)S(=O)(=O)OC1=C(N)O[C@@]([B])(c2ccc(Cl)cc2)C1=O. The monoisotopic (exact) mass is 375 g/mol. The highest BCUT2D eigenvalue weighted by Gasteiger charge is 2.50. The summed E-state index contributed by atoms with van der Waals surface area (Å²) in [6.45, 7) is 1.69. The van der Waals surface area contributed by atoms with Crippen LogP contribution in [0.3, 0.4) is 0 Å². The van der Waals surface area contributed by atoms with Gasteiger partial charge in [-0.1, -0.05) is 37.1 Å². The summed E-state index contributed by atoms with van der Waals surface area (Å²) >= 11 is 5.79. The summed E-state index contributed by atoms with van der Waals surface area (Å²) in [7, 11) is 12.5. The van der Waals surface area contributed by atoms with Gasteiger partial charge >= 0.3 is 0 Å². The lowest BCUT2D eigenvalue weighted by molar-refractivity contribution is -0.126. The maximum atomic E-state index is 12.6. The van der Waals surface area contributed by atoms with Crippen molar-refractivity contribution in [2.45, 2.75) is 29.8 Å². The standard InChI is InChI=1S/C14H13B3ClNO5S/c1-2-7-13(15,16)25(21,22)24-10-11(20)14(17,23-12(10)19)8-3-5-9(18)6-4-8/h3-6H,2,7,19H2,1H3/t14-/m0/s1. The second kappa shape index (κ2) is 6.65. The summed E-state index contributed by atoms with van der Waals surface area (Å²) in [6.07, 6.45) is 0.280. The van der Waals surface area contributed by atoms with E-state index in [0.717, 1.165) is 0 Å². The second-order valence-corrected chi connectivity index (χ2v) is 7.88. The highest BCUT2D eigenvalue weighted by molar-refractivity contribution is 7.91. The lowest BCUT2D eigenvalue weighted by Gasteiger charge is -2.25. The number of carbonyl (C=O) groups excluding carboxylic acids is 1. The van der Waals surface area contributed by atoms with Gasteiger partial charge < -0.3 is 14.7 Å². The molecule has 6 radical (unpaired) electrons. The van der Waals surface area contributed by atoms with Gasteiger partial charge in [-0.05, 0) is 24.1 Å². The van der Waals surface area contributed by atoms with Crippen molar-refractivity contribution in [2.24, 2.45) is 5.73 Å². The number of nitrogens with two attached hydrogens (primary N) is 1. The second-order valence-electron chi connectivity index (χ2n) is 5.61. The van der Waals surface area contributed by atoms with E-state index in [9.17, 15) is 13.2 Å². The van der Waals surface area contributed by atoms with E-state index in [0.29, 0.717) is 11.4 Å². The van der Waals surface area contributed by atoms with Crippen molar-refractivity contribution in [1.82, 2.24) is 0 Å². The van der Waals surface area contributed by atoms with Crippen LogP contribution < -0.4 is 5.73 Å². The Balaban J connectivity index is 2.34. The third-order valence-electron chi connectivity index (χ3n) is 3.61. The fourth-order valence-corrected chi connectivity index (χ4v) is 3.33. The number of halogens is 1. The smallest absolute Gasteiger partial charge is 0.298 e. The summed E-state index contributed by atoms with van der Waals surface area (Å²) < 4.78 is 32.3. The van der Waals surface area contributed by atoms with E-state index < -0.39 is 37.6 Å². The average Bonchev–Trinajstić information content (AvgIpc) is 2.72. The first kappa shape index (κ1) is 19.8. The number of benzene rings is 1. The molecule has 2 rings (SSSR count). The van der Waals surface area contributed by atoms with E-state index in [2.05, 4.69) is 0 Å². The summed E-state index contributed by atoms with van der Waals surface area (Å²) in [6, 6.07) is 5.86. The van der Waals surface area contributed by atoms with Gasteiger partial charge in [0.1, 0.15) is 7.85 Å². The Labute approximate surface area is 155 Å². The van der Waals surface area contributed by atoms with Gasteiger partial charge in [-0.25, -0.2) is 0 Å². The molecule has 0 amide bonds. The molecule has 0 unspecified atom stereocenters. The Morgan fingerprint density at radius 2 is 1.88 bits per heavy atom. The largest absolute Gasteiger partial charge is 0.467 e. The van der Waals surface area contributed by atoms with Crippen molar-refractivity contribution in [3.05, 3.63) is 46.5 Å². The van der Waals surface area contributed by atoms with Crippen LogP contribution in [0.1, 0.15) is 25.3 Å². The molecule has 0 saturated heterocycles. The predicted octanol–water partition coefficient (Wildman–Crippen LogP) is 0.526. The predicted molar refractivity (Wildman–Crippen MR) is 95.3 cm³/mol. The Morgan fingerprint density at radius 1 is 1.32 bits per heavy atom. The molecule has 0 fully saturated rings. The highest BCUT2D eigenvalue weighted by Crippen LogP contribution is 2.37. The van der Waals surface area contributed by atoms with Gasteiger partial charge in [-0.2, -0.15) is 8.42 Å². The van der Waals surface area contributed by atoms with Crippen LogP contribution in [-0.4, -0.2) is 42.3 Å². The number of ether oxygens (including phenoxy) is 1. The van der Waals surface area contributed by atoms with E-state index >= 15 is 0 Å². The number of hydrogen-bond donors (Lipinski definition) is 1. The minimum absolute atomic E-state index is 0.0947. The molecule has 1 aromatic rings. The minimum Gasteiger partial charge on any atom is -0.467 e. The Morgan fingerprint density at radius 3 is 2.40 bits per heavy atom. The molecule has 1 aliphatic heterocycles. The molecule has 2 N–H and O–H groups in total. The van der Waals surface area contributed by atoms with Crippen LogP contribution in [0.5, 0.6) is 0 Å². The van der Waals surface area contributed by atoms with Crippen LogP contribution in [0.2, 0.25) is 5.02 Å². The van der Waals surface area contributed by atoms with Crippen LogP contribution in [-0.2, 0) is 29.3 Å². The van der Waals surface area contributed by atoms with Crippen molar-refractivity contribution in [1.29, 1.82) is 0 Å². The molecule has 11 heteroatoms. The molecule has 1 atom stereocenters. The topological polar surface area (TPSA) is 95.7 Å². The molecule has 6 nitrogen and oxygen atoms in total. The molecule has 0 bridgehead atoms. The molecule has 1 aromatic carbocycles. The van der Waals surface area contributed by atoms with Crippen LogP contribution in [0.15, 0.2) is 35.9 Å². The van der Waals surface area contributed by atoms with Crippen LogP contribution in [0.4, 0.5) is 0 Å². The van der Waals surface area contributed by atoms with Gasteiger partial charge in [-0.3, -0.25) is 4.79 Å². The average molecular weight is 375 g/mol. The zero-order valence-corrected chi connectivity index (χ0v) is 14.9. The van der Waals surface area contributed by atoms with Crippen molar-refractivity contribution in [3.63, 3.8) is 0 Å². The van der Waals surface area contributed by atoms with Gasteiger partial charge in [0.2, 0.25) is 17.4 Å². The first-order chi connectivity index (χ1) is 11.4. The van der Waals surface area contributed by atoms with Crippen molar-refractivity contribution < 1.29 is 22.1 Å². The third kappa shape index (κ3) is 3.55. The van der Waals surface area contributed by atoms with Gasteiger partial charge in [0.25, 0.3) is 10.1 Å². The summed E-state index contributed by atoms with van der Waals surface area (Å²) in [5.41, 5.74) is 3.76. The highest BCUT2D eigenvalue weighted by atomic mass is 35.5. The molecule has 0 aromatic heterocycles. The Bertz CT molecular complexity index is 825. The lowest BCUT2D eigenvalue weighted by Crippen LogP contribution is -2.42. The van der Waals surface area contributed by atoms with Crippen molar-refractivity contribution in [2.75, 3.05) is 0 Å². The first-order valence-electron chi connectivity index (χ1n) is 7.25. The maximum absolute atomic E-state index is 12.6. The number of rotatable bonds is 6. The van der Waals surface area contributed by atoms with Crippen molar-refractivity contribution in [3.8, 4) is 0 Å². The molecule has 126 valence electrons. The number of ketones is 1. The maximum Gasteiger partial charge on any atom is 0.298 e. The van der Waals surface area contributed by atoms with Gasteiger partial charge in [-0.15, -0.1) is 0 Å². The number of Topliss-reactive ketones (excluding diaryl/α,β-unsaturated/α-hetero) is 1. The Kier molecular flexibility index (Phi) is 5.26. The van der Waals surface area contributed by atoms with Crippen LogP contribution in [0, 0.1) is 0 Å². The molecule has 0 saturated carbocycles. The zero-order valence-electron chi connectivity index (χ0n) is 13.4. The van der Waals surface area contributed by atoms with Gasteiger partial charge in [0.05, 0.1) is 15.7 Å². The summed E-state index contributed by atoms with van der Waals surface area (Å²) in [5.74, 6) is -2.34. The normalized spacial score (nSPS) is 21.3. The van der Waals surface area contributed by atoms with Gasteiger partial charge in [0, 0.05) is 9.57 Å². The lowest BCUT2D eigenvalue weighted by atomic mass is 9.67. The molecule has 1 aliphatic rings. The van der Waals surface area contributed by atoms with E-state index in [4.69, 9.17) is 49.8 Å². The Hall–Kier alpha value is -1.54. The molecule has 0 aliphatic carbocycles. The van der Waals surface area contributed by atoms with E-state index in [1.54, 1.807) is 6.92 Å². The molecule has 0 spiro atoms. The van der Waals surface area contributed by atoms with Crippen LogP contribution in [0.25, 0.3) is 0 Å². The first-order valence-corrected chi connectivity index (χ1v) is 9.03. The summed E-state index contributed by atoms with van der Waals surface area (Å²) in [5, 5.41) is 0.411. The molecule has 1 heterocycles. The quantitative estimate of drug-likeness (QED) is 0.576. The minimum atomic E-state index is -4.57. The fourth-order valence-electron chi connectivity index (χ4n) is 2.22. The van der Waals surface area contributed by atoms with Gasteiger partial charge in [0.15, 0.2) is 5.50 Å². The van der Waals surface area contributed by atoms with Crippen LogP contribution >= 0.6 is 11.6 Å². The molecular weight excluding hydrogens is 362 g/mol.